The van der Waals surface area contributed by atoms with E-state index in [-0.39, 0.29) is 24.2 Å². The summed E-state index contributed by atoms with van der Waals surface area (Å²) in [6.45, 7) is 0.184. The van der Waals surface area contributed by atoms with Crippen LogP contribution < -0.4 is 4.74 Å². The van der Waals surface area contributed by atoms with Gasteiger partial charge in [-0.25, -0.2) is 0 Å². The lowest BCUT2D eigenvalue weighted by molar-refractivity contribution is -0.384. The van der Waals surface area contributed by atoms with Crippen LogP contribution in [0, 0.1) is 10.1 Å². The number of aliphatic imine (C=N–C) groups is 1. The summed E-state index contributed by atoms with van der Waals surface area (Å²) in [4.78, 5) is 32.3. The fourth-order valence-electron chi connectivity index (χ4n) is 5.43. The molecule has 1 amide bonds. The van der Waals surface area contributed by atoms with Crippen LogP contribution in [-0.2, 0) is 11.4 Å². The molecule has 2 aromatic carbocycles. The normalized spacial score (nSPS) is 21.4. The molecular formula is C29H32BrN3O4S. The van der Waals surface area contributed by atoms with Gasteiger partial charge in [-0.2, -0.15) is 0 Å². The van der Waals surface area contributed by atoms with Gasteiger partial charge in [0, 0.05) is 28.2 Å². The number of carbonyl (C=O) groups excluding carboxylic acids is 1. The minimum atomic E-state index is -0.410. The van der Waals surface area contributed by atoms with E-state index in [9.17, 15) is 14.9 Å². The predicted octanol–water partition coefficient (Wildman–Crippen LogP) is 7.87. The fourth-order valence-corrected chi connectivity index (χ4v) is 6.91. The SMILES string of the molecule is O=C1C(=Cc2cc(Br)ccc2OCc2cccc([N+](=O)[O-])c2)SC(=NC2CCCCC2)N1C1CCCCC1. The van der Waals surface area contributed by atoms with Gasteiger partial charge in [0.05, 0.1) is 15.9 Å². The third kappa shape index (κ3) is 6.49. The van der Waals surface area contributed by atoms with Crippen molar-refractivity contribution < 1.29 is 14.5 Å². The summed E-state index contributed by atoms with van der Waals surface area (Å²) < 4.78 is 6.98. The Morgan fingerprint density at radius 3 is 2.53 bits per heavy atom. The molecule has 3 fully saturated rings. The smallest absolute Gasteiger partial charge is 0.269 e. The first kappa shape index (κ1) is 26.9. The first-order valence-electron chi connectivity index (χ1n) is 13.4. The van der Waals surface area contributed by atoms with Gasteiger partial charge in [-0.15, -0.1) is 0 Å². The second-order valence-corrected chi connectivity index (χ2v) is 12.1. The molecule has 5 rings (SSSR count). The maximum absolute atomic E-state index is 13.8. The Balaban J connectivity index is 1.41. The van der Waals surface area contributed by atoms with Crippen molar-refractivity contribution in [3.05, 3.63) is 73.1 Å². The lowest BCUT2D eigenvalue weighted by Crippen LogP contribution is -2.41. The molecule has 0 atom stereocenters. The lowest BCUT2D eigenvalue weighted by Gasteiger charge is -2.31. The van der Waals surface area contributed by atoms with Gasteiger partial charge in [0.15, 0.2) is 5.17 Å². The van der Waals surface area contributed by atoms with Crippen molar-refractivity contribution in [1.29, 1.82) is 0 Å². The average Bonchev–Trinajstić information content (AvgIpc) is 3.23. The molecule has 0 unspecified atom stereocenters. The summed E-state index contributed by atoms with van der Waals surface area (Å²) in [6.07, 6.45) is 13.3. The molecule has 3 aliphatic rings. The van der Waals surface area contributed by atoms with Gasteiger partial charge in [-0.3, -0.25) is 24.8 Å². The molecule has 1 heterocycles. The van der Waals surface area contributed by atoms with Gasteiger partial charge in [0.1, 0.15) is 12.4 Å². The van der Waals surface area contributed by atoms with Crippen molar-refractivity contribution in [3.8, 4) is 5.75 Å². The van der Waals surface area contributed by atoms with Gasteiger partial charge in [0.25, 0.3) is 11.6 Å². The topological polar surface area (TPSA) is 85.0 Å². The van der Waals surface area contributed by atoms with E-state index in [4.69, 9.17) is 9.73 Å². The van der Waals surface area contributed by atoms with Crippen LogP contribution in [-0.4, -0.2) is 33.0 Å². The number of non-ortho nitro benzene ring substituents is 1. The highest BCUT2D eigenvalue weighted by molar-refractivity contribution is 9.10. The number of nitro groups is 1. The Labute approximate surface area is 236 Å². The number of amidine groups is 1. The summed E-state index contributed by atoms with van der Waals surface area (Å²) in [5, 5.41) is 12.0. The number of hydrogen-bond donors (Lipinski definition) is 0. The third-order valence-electron chi connectivity index (χ3n) is 7.42. The molecule has 0 N–H and O–H groups in total. The van der Waals surface area contributed by atoms with Crippen molar-refractivity contribution in [2.75, 3.05) is 0 Å². The Kier molecular flexibility index (Phi) is 8.84. The maximum Gasteiger partial charge on any atom is 0.269 e. The second-order valence-electron chi connectivity index (χ2n) is 10.2. The first-order chi connectivity index (χ1) is 18.5. The highest BCUT2D eigenvalue weighted by atomic mass is 79.9. The van der Waals surface area contributed by atoms with Gasteiger partial charge in [-0.1, -0.05) is 66.6 Å². The molecule has 2 aliphatic carbocycles. The van der Waals surface area contributed by atoms with E-state index in [1.165, 1.54) is 49.6 Å². The Morgan fingerprint density at radius 2 is 1.79 bits per heavy atom. The molecule has 2 aromatic rings. The average molecular weight is 599 g/mol. The number of benzene rings is 2. The highest BCUT2D eigenvalue weighted by Crippen LogP contribution is 2.39. The summed E-state index contributed by atoms with van der Waals surface area (Å²) in [5.41, 5.74) is 1.52. The number of thioether (sulfide) groups is 1. The number of nitro benzene ring substituents is 1. The van der Waals surface area contributed by atoms with Crippen molar-refractivity contribution >= 4 is 50.5 Å². The molecule has 9 heteroatoms. The zero-order valence-corrected chi connectivity index (χ0v) is 23.7. The Morgan fingerprint density at radius 1 is 1.05 bits per heavy atom. The summed E-state index contributed by atoms with van der Waals surface area (Å²) in [6, 6.07) is 12.6. The molecule has 38 heavy (non-hydrogen) atoms. The van der Waals surface area contributed by atoms with E-state index in [1.807, 2.05) is 29.2 Å². The Hall–Kier alpha value is -2.65. The predicted molar refractivity (Wildman–Crippen MR) is 155 cm³/mol. The number of rotatable bonds is 7. The molecular weight excluding hydrogens is 566 g/mol. The third-order valence-corrected chi connectivity index (χ3v) is 8.91. The minimum absolute atomic E-state index is 0.0288. The monoisotopic (exact) mass is 597 g/mol. The molecule has 0 bridgehead atoms. The van der Waals surface area contributed by atoms with E-state index in [1.54, 1.807) is 12.1 Å². The largest absolute Gasteiger partial charge is 0.488 e. The molecule has 1 aliphatic heterocycles. The van der Waals surface area contributed by atoms with Crippen molar-refractivity contribution in [2.45, 2.75) is 82.9 Å². The molecule has 200 valence electrons. The van der Waals surface area contributed by atoms with Crippen LogP contribution in [0.25, 0.3) is 6.08 Å². The van der Waals surface area contributed by atoms with E-state index < -0.39 is 4.92 Å². The molecule has 2 saturated carbocycles. The lowest BCUT2D eigenvalue weighted by atomic mass is 9.94. The molecule has 0 aromatic heterocycles. The van der Waals surface area contributed by atoms with Crippen LogP contribution in [0.2, 0.25) is 0 Å². The summed E-state index contributed by atoms with van der Waals surface area (Å²) in [7, 11) is 0. The van der Waals surface area contributed by atoms with Gasteiger partial charge >= 0.3 is 0 Å². The number of hydrogen-bond acceptors (Lipinski definition) is 6. The number of amides is 1. The Bertz CT molecular complexity index is 1250. The second kappa shape index (κ2) is 12.5. The van der Waals surface area contributed by atoms with Crippen LogP contribution in [0.3, 0.4) is 0 Å². The van der Waals surface area contributed by atoms with Gasteiger partial charge in [-0.05, 0) is 67.3 Å². The minimum Gasteiger partial charge on any atom is -0.488 e. The number of carbonyl (C=O) groups is 1. The van der Waals surface area contributed by atoms with Crippen LogP contribution in [0.15, 0.2) is 56.8 Å². The summed E-state index contributed by atoms with van der Waals surface area (Å²) in [5.74, 6) is 0.642. The molecule has 7 nitrogen and oxygen atoms in total. The quantitative estimate of drug-likeness (QED) is 0.184. The number of halogens is 1. The van der Waals surface area contributed by atoms with Crippen LogP contribution >= 0.6 is 27.7 Å². The molecule has 0 radical (unpaired) electrons. The number of nitrogens with zero attached hydrogens (tertiary/aromatic N) is 3. The first-order valence-corrected chi connectivity index (χ1v) is 15.1. The van der Waals surface area contributed by atoms with E-state index in [0.717, 1.165) is 53.7 Å². The van der Waals surface area contributed by atoms with Crippen molar-refractivity contribution in [1.82, 2.24) is 4.90 Å². The van der Waals surface area contributed by atoms with E-state index >= 15 is 0 Å². The zero-order valence-electron chi connectivity index (χ0n) is 21.3. The molecule has 1 saturated heterocycles. The van der Waals surface area contributed by atoms with Crippen molar-refractivity contribution in [2.24, 2.45) is 4.99 Å². The van der Waals surface area contributed by atoms with Crippen LogP contribution in [0.5, 0.6) is 5.75 Å². The fraction of sp³-hybridized carbons (Fsp3) is 0.448. The summed E-state index contributed by atoms with van der Waals surface area (Å²) >= 11 is 5.03. The maximum atomic E-state index is 13.8. The van der Waals surface area contributed by atoms with E-state index in [0.29, 0.717) is 22.3 Å². The van der Waals surface area contributed by atoms with Crippen molar-refractivity contribution in [3.63, 3.8) is 0 Å². The number of ether oxygens (including phenoxy) is 1. The van der Waals surface area contributed by atoms with Gasteiger partial charge < -0.3 is 4.74 Å². The standard InChI is InChI=1S/C29H32BrN3O4S/c30-22-14-15-26(37-19-20-8-7-13-25(16-20)33(35)36)21(17-22)18-27-28(34)32(24-11-5-2-6-12-24)29(38-27)31-23-9-3-1-4-10-23/h7-8,13-18,23-24H,1-6,9-12,19H2. The highest BCUT2D eigenvalue weighted by Gasteiger charge is 2.39. The van der Waals surface area contributed by atoms with Crippen LogP contribution in [0.1, 0.15) is 75.3 Å². The van der Waals surface area contributed by atoms with E-state index in [2.05, 4.69) is 15.9 Å². The molecule has 0 spiro atoms. The van der Waals surface area contributed by atoms with Crippen LogP contribution in [0.4, 0.5) is 5.69 Å². The van der Waals surface area contributed by atoms with Gasteiger partial charge in [0.2, 0.25) is 0 Å². The zero-order chi connectivity index (χ0) is 26.5.